The largest absolute Gasteiger partial charge is 0.493 e. The normalized spacial score (nSPS) is 12.4. The van der Waals surface area contributed by atoms with E-state index in [1.807, 2.05) is 0 Å². The lowest BCUT2D eigenvalue weighted by molar-refractivity contribution is 0.146. The number of methoxy groups -OCH3 is 1. The molecule has 0 spiro atoms. The van der Waals surface area contributed by atoms with Gasteiger partial charge in [0.15, 0.2) is 16.5 Å². The molecule has 0 fully saturated rings. The number of nitrogens with zero attached hydrogens (tertiary/aromatic N) is 3. The summed E-state index contributed by atoms with van der Waals surface area (Å²) in [6.45, 7) is 3.32. The number of benzene rings is 1. The summed E-state index contributed by atoms with van der Waals surface area (Å²) in [6.07, 6.45) is -2.89. The minimum atomic E-state index is -2.89. The number of pyridine rings is 1. The molecule has 0 amide bonds. The highest BCUT2D eigenvalue weighted by atomic mass is 35.5. The van der Waals surface area contributed by atoms with Gasteiger partial charge in [-0.1, -0.05) is 29.8 Å². The van der Waals surface area contributed by atoms with Crippen LogP contribution in [0.3, 0.4) is 0 Å². The Morgan fingerprint density at radius 2 is 1.85 bits per heavy atom. The number of alkyl halides is 2. The van der Waals surface area contributed by atoms with Gasteiger partial charge in [-0.2, -0.15) is 0 Å². The maximum atomic E-state index is 14.4. The van der Waals surface area contributed by atoms with Crippen LogP contribution in [0, 0.1) is 12.7 Å². The van der Waals surface area contributed by atoms with E-state index < -0.39 is 23.8 Å². The van der Waals surface area contributed by atoms with Crippen molar-refractivity contribution in [2.45, 2.75) is 26.3 Å². The van der Waals surface area contributed by atoms with Crippen molar-refractivity contribution < 1.29 is 17.9 Å². The smallest absolute Gasteiger partial charge is 0.266 e. The first kappa shape index (κ1) is 19.2. The second-order valence-electron chi connectivity index (χ2n) is 5.89. The van der Waals surface area contributed by atoms with Crippen LogP contribution in [-0.4, -0.2) is 22.1 Å². The van der Waals surface area contributed by atoms with Crippen molar-refractivity contribution in [1.82, 2.24) is 15.0 Å². The number of anilines is 1. The maximum Gasteiger partial charge on any atom is 0.266 e. The minimum absolute atomic E-state index is 0.103. The van der Waals surface area contributed by atoms with Crippen LogP contribution < -0.4 is 10.1 Å². The van der Waals surface area contributed by atoms with E-state index in [1.54, 1.807) is 19.9 Å². The van der Waals surface area contributed by atoms with Crippen LogP contribution in [0.5, 0.6) is 5.75 Å². The van der Waals surface area contributed by atoms with Crippen molar-refractivity contribution in [3.63, 3.8) is 0 Å². The van der Waals surface area contributed by atoms with E-state index in [1.165, 1.54) is 19.2 Å². The molecular formula is C18H16ClF3N4O. The first-order chi connectivity index (χ1) is 12.8. The molecule has 0 bridgehead atoms. The van der Waals surface area contributed by atoms with Gasteiger partial charge in [0, 0.05) is 5.56 Å². The number of aromatic nitrogens is 3. The number of hydrogen-bond acceptors (Lipinski definition) is 5. The molecule has 1 N–H and O–H groups in total. The molecule has 142 valence electrons. The summed E-state index contributed by atoms with van der Waals surface area (Å²) in [5.41, 5.74) is -0.198. The molecule has 0 unspecified atom stereocenters. The van der Waals surface area contributed by atoms with Crippen molar-refractivity contribution >= 4 is 28.5 Å². The van der Waals surface area contributed by atoms with Gasteiger partial charge in [-0.3, -0.25) is 0 Å². The molecule has 0 radical (unpaired) electrons. The average Bonchev–Trinajstić information content (AvgIpc) is 2.60. The second-order valence-corrected chi connectivity index (χ2v) is 6.25. The van der Waals surface area contributed by atoms with Gasteiger partial charge in [-0.25, -0.2) is 28.1 Å². The van der Waals surface area contributed by atoms with E-state index in [2.05, 4.69) is 20.3 Å². The summed E-state index contributed by atoms with van der Waals surface area (Å²) in [6, 6.07) is 4.89. The standard InChI is InChI=1S/C18H16ClF3N4O/c1-8(10-5-4-6-11(14(10)20)16(21)22)23-17-12-7-13(27-3)15(19)26-18(12)25-9(2)24-17/h4-8,16H,1-3H3,(H,23,24,25,26)/t8-/m1/s1. The van der Waals surface area contributed by atoms with E-state index in [9.17, 15) is 13.2 Å². The first-order valence-electron chi connectivity index (χ1n) is 8.03. The Morgan fingerprint density at radius 3 is 2.52 bits per heavy atom. The molecule has 9 heteroatoms. The Kier molecular flexibility index (Phi) is 5.36. The number of ether oxygens (including phenoxy) is 1. The van der Waals surface area contributed by atoms with Crippen molar-refractivity contribution in [3.8, 4) is 5.75 Å². The summed E-state index contributed by atoms with van der Waals surface area (Å²) >= 11 is 6.04. The minimum Gasteiger partial charge on any atom is -0.493 e. The molecule has 0 saturated carbocycles. The fourth-order valence-electron chi connectivity index (χ4n) is 2.73. The summed E-state index contributed by atoms with van der Waals surface area (Å²) in [5, 5.41) is 3.71. The zero-order chi connectivity index (χ0) is 19.7. The molecule has 3 aromatic rings. The number of nitrogens with one attached hydrogen (secondary N) is 1. The third kappa shape index (κ3) is 3.75. The van der Waals surface area contributed by atoms with Gasteiger partial charge >= 0.3 is 0 Å². The van der Waals surface area contributed by atoms with E-state index in [4.69, 9.17) is 16.3 Å². The Balaban J connectivity index is 2.05. The predicted octanol–water partition coefficient (Wildman–Crippen LogP) is 5.25. The molecule has 0 aliphatic heterocycles. The highest BCUT2D eigenvalue weighted by molar-refractivity contribution is 6.31. The van der Waals surface area contributed by atoms with Crippen molar-refractivity contribution in [3.05, 3.63) is 52.2 Å². The number of halogens is 4. The van der Waals surface area contributed by atoms with E-state index in [0.29, 0.717) is 28.4 Å². The molecule has 0 saturated heterocycles. The third-order valence-corrected chi connectivity index (χ3v) is 4.32. The van der Waals surface area contributed by atoms with Gasteiger partial charge in [0.05, 0.1) is 24.1 Å². The van der Waals surface area contributed by atoms with Gasteiger partial charge in [-0.05, 0) is 19.9 Å². The lowest BCUT2D eigenvalue weighted by Gasteiger charge is -2.18. The summed E-state index contributed by atoms with van der Waals surface area (Å²) in [5.74, 6) is 0.182. The van der Waals surface area contributed by atoms with E-state index >= 15 is 0 Å². The van der Waals surface area contributed by atoms with Gasteiger partial charge in [0.1, 0.15) is 17.5 Å². The van der Waals surface area contributed by atoms with Gasteiger partial charge in [0.25, 0.3) is 6.43 Å². The van der Waals surface area contributed by atoms with Crippen LogP contribution in [0.2, 0.25) is 5.15 Å². The fraction of sp³-hybridized carbons (Fsp3) is 0.278. The van der Waals surface area contributed by atoms with E-state index in [0.717, 1.165) is 6.07 Å². The number of rotatable bonds is 5. The van der Waals surface area contributed by atoms with Crippen LogP contribution in [0.25, 0.3) is 11.0 Å². The number of hydrogen-bond donors (Lipinski definition) is 1. The van der Waals surface area contributed by atoms with Crippen LogP contribution in [0.1, 0.15) is 36.3 Å². The van der Waals surface area contributed by atoms with Crippen LogP contribution >= 0.6 is 11.6 Å². The quantitative estimate of drug-likeness (QED) is 0.597. The SMILES string of the molecule is COc1cc2c(N[C@H](C)c3cccc(C(F)F)c3F)nc(C)nc2nc1Cl. The van der Waals surface area contributed by atoms with Gasteiger partial charge in [0.2, 0.25) is 0 Å². The first-order valence-corrected chi connectivity index (χ1v) is 8.41. The molecule has 1 atom stereocenters. The highest BCUT2D eigenvalue weighted by Gasteiger charge is 2.21. The zero-order valence-corrected chi connectivity index (χ0v) is 15.5. The Hall–Kier alpha value is -2.61. The molecule has 0 aliphatic rings. The van der Waals surface area contributed by atoms with Crippen LogP contribution in [-0.2, 0) is 0 Å². The van der Waals surface area contributed by atoms with Crippen LogP contribution in [0.15, 0.2) is 24.3 Å². The third-order valence-electron chi connectivity index (χ3n) is 4.05. The number of fused-ring (bicyclic) bond motifs is 1. The second kappa shape index (κ2) is 7.56. The topological polar surface area (TPSA) is 59.9 Å². The van der Waals surface area contributed by atoms with Gasteiger partial charge < -0.3 is 10.1 Å². The zero-order valence-electron chi connectivity index (χ0n) is 14.7. The number of aryl methyl sites for hydroxylation is 1. The summed E-state index contributed by atoms with van der Waals surface area (Å²) in [7, 11) is 1.45. The molecule has 0 aliphatic carbocycles. The van der Waals surface area contributed by atoms with Gasteiger partial charge in [-0.15, -0.1) is 0 Å². The molecule has 2 aromatic heterocycles. The van der Waals surface area contributed by atoms with Crippen molar-refractivity contribution in [2.75, 3.05) is 12.4 Å². The lowest BCUT2D eigenvalue weighted by atomic mass is 10.0. The molecule has 1 aromatic carbocycles. The Bertz CT molecular complexity index is 1000. The summed E-state index contributed by atoms with van der Waals surface area (Å²) in [4.78, 5) is 12.7. The monoisotopic (exact) mass is 396 g/mol. The van der Waals surface area contributed by atoms with Crippen molar-refractivity contribution in [1.29, 1.82) is 0 Å². The predicted molar refractivity (Wildman–Crippen MR) is 97.0 cm³/mol. The maximum absolute atomic E-state index is 14.4. The lowest BCUT2D eigenvalue weighted by Crippen LogP contribution is -2.12. The molecule has 27 heavy (non-hydrogen) atoms. The molecule has 3 rings (SSSR count). The van der Waals surface area contributed by atoms with E-state index in [-0.39, 0.29) is 10.7 Å². The summed E-state index contributed by atoms with van der Waals surface area (Å²) < 4.78 is 45.5. The Morgan fingerprint density at radius 1 is 1.15 bits per heavy atom. The fourth-order valence-corrected chi connectivity index (χ4v) is 2.94. The Labute approximate surface area is 158 Å². The highest BCUT2D eigenvalue weighted by Crippen LogP contribution is 2.32. The average molecular weight is 397 g/mol. The van der Waals surface area contributed by atoms with Crippen LogP contribution in [0.4, 0.5) is 19.0 Å². The molecule has 5 nitrogen and oxygen atoms in total. The molecular weight excluding hydrogens is 381 g/mol. The molecule has 2 heterocycles. The van der Waals surface area contributed by atoms with Crippen molar-refractivity contribution in [2.24, 2.45) is 0 Å².